The molecule has 1 saturated heterocycles. The maximum Gasteiger partial charge on any atom is 0.242 e. The fourth-order valence-electron chi connectivity index (χ4n) is 1.52. The second-order valence-electron chi connectivity index (χ2n) is 3.82. The molecule has 1 aromatic rings. The number of nitrogens with zero attached hydrogens (tertiary/aromatic N) is 1. The first-order chi connectivity index (χ1) is 8.18. The smallest absolute Gasteiger partial charge is 0.242 e. The summed E-state index contributed by atoms with van der Waals surface area (Å²) in [6.07, 6.45) is 3.54. The van der Waals surface area contributed by atoms with Crippen LogP contribution in [0.1, 0.15) is 19.1 Å². The minimum Gasteiger partial charge on any atom is -0.463 e. The maximum atomic E-state index is 11.7. The molecule has 6 heteroatoms. The van der Waals surface area contributed by atoms with Gasteiger partial charge in [0.2, 0.25) is 5.91 Å². The molecule has 0 spiro atoms. The van der Waals surface area contributed by atoms with Crippen LogP contribution >= 0.6 is 23.5 Å². The SMILES string of the molecule is CC1(CC(=O)N/N=C\c2ccco2)SCCS1. The highest BCUT2D eigenvalue weighted by molar-refractivity contribution is 8.21. The Hall–Kier alpha value is -0.880. The molecule has 0 aliphatic carbocycles. The van der Waals surface area contributed by atoms with E-state index in [1.807, 2.05) is 23.5 Å². The lowest BCUT2D eigenvalue weighted by Crippen LogP contribution is -2.26. The number of furan rings is 1. The van der Waals surface area contributed by atoms with Crippen molar-refractivity contribution in [2.75, 3.05) is 11.5 Å². The fourth-order valence-corrected chi connectivity index (χ4v) is 4.35. The van der Waals surface area contributed by atoms with Gasteiger partial charge in [0.05, 0.1) is 23.0 Å². The van der Waals surface area contributed by atoms with Gasteiger partial charge in [-0.05, 0) is 19.1 Å². The highest BCUT2D eigenvalue weighted by atomic mass is 32.2. The summed E-state index contributed by atoms with van der Waals surface area (Å²) in [6, 6.07) is 3.55. The van der Waals surface area contributed by atoms with Crippen molar-refractivity contribution in [3.05, 3.63) is 24.2 Å². The van der Waals surface area contributed by atoms with Crippen LogP contribution < -0.4 is 5.43 Å². The summed E-state index contributed by atoms with van der Waals surface area (Å²) in [4.78, 5) is 11.7. The number of hydrogen-bond acceptors (Lipinski definition) is 5. The Balaban J connectivity index is 1.78. The molecule has 1 aliphatic heterocycles. The lowest BCUT2D eigenvalue weighted by atomic mass is 10.3. The van der Waals surface area contributed by atoms with E-state index in [1.54, 1.807) is 18.4 Å². The molecule has 4 nitrogen and oxygen atoms in total. The Morgan fingerprint density at radius 2 is 2.41 bits per heavy atom. The average Bonchev–Trinajstić information content (AvgIpc) is 2.90. The van der Waals surface area contributed by atoms with Crippen molar-refractivity contribution < 1.29 is 9.21 Å². The number of hydrazone groups is 1. The van der Waals surface area contributed by atoms with Gasteiger partial charge in [-0.2, -0.15) is 5.10 Å². The van der Waals surface area contributed by atoms with Crippen molar-refractivity contribution >= 4 is 35.6 Å². The number of hydrogen-bond donors (Lipinski definition) is 1. The maximum absolute atomic E-state index is 11.7. The standard InChI is InChI=1S/C11H14N2O2S2/c1-11(16-5-6-17-11)7-10(14)13-12-8-9-3-2-4-15-9/h2-4,8H,5-7H2,1H3,(H,13,14)/b12-8-. The van der Waals surface area contributed by atoms with E-state index in [0.29, 0.717) is 12.2 Å². The van der Waals surface area contributed by atoms with Crippen molar-refractivity contribution in [1.29, 1.82) is 0 Å². The normalized spacial score (nSPS) is 18.6. The van der Waals surface area contributed by atoms with Crippen LogP contribution in [0, 0.1) is 0 Å². The molecule has 1 fully saturated rings. The van der Waals surface area contributed by atoms with Crippen LogP contribution in [0.4, 0.5) is 0 Å². The van der Waals surface area contributed by atoms with Gasteiger partial charge in [-0.3, -0.25) is 4.79 Å². The Bertz CT molecular complexity index is 398. The number of nitrogens with one attached hydrogen (secondary N) is 1. The average molecular weight is 270 g/mol. The largest absolute Gasteiger partial charge is 0.463 e. The quantitative estimate of drug-likeness (QED) is 0.674. The Morgan fingerprint density at radius 1 is 1.65 bits per heavy atom. The third-order valence-corrected chi connectivity index (χ3v) is 5.60. The topological polar surface area (TPSA) is 54.6 Å². The first-order valence-electron chi connectivity index (χ1n) is 5.31. The molecule has 2 heterocycles. The second-order valence-corrected chi connectivity index (χ2v) is 7.27. The minimum atomic E-state index is -0.0581. The molecule has 92 valence electrons. The third-order valence-electron chi connectivity index (χ3n) is 2.30. The molecule has 0 atom stereocenters. The van der Waals surface area contributed by atoms with Crippen molar-refractivity contribution in [1.82, 2.24) is 5.43 Å². The second kappa shape index (κ2) is 5.64. The summed E-state index contributed by atoms with van der Waals surface area (Å²) < 4.78 is 5.06. The van der Waals surface area contributed by atoms with Gasteiger partial charge in [0.1, 0.15) is 5.76 Å². The summed E-state index contributed by atoms with van der Waals surface area (Å²) in [6.45, 7) is 2.10. The molecule has 0 saturated carbocycles. The van der Waals surface area contributed by atoms with Crippen molar-refractivity contribution in [2.24, 2.45) is 5.10 Å². The van der Waals surface area contributed by atoms with E-state index in [1.165, 1.54) is 6.21 Å². The van der Waals surface area contributed by atoms with Gasteiger partial charge >= 0.3 is 0 Å². The van der Waals surface area contributed by atoms with Crippen LogP contribution in [0.25, 0.3) is 0 Å². The molecule has 0 radical (unpaired) electrons. The molecule has 1 N–H and O–H groups in total. The first-order valence-corrected chi connectivity index (χ1v) is 7.28. The Morgan fingerprint density at radius 3 is 3.06 bits per heavy atom. The number of carbonyl (C=O) groups is 1. The molecule has 2 rings (SSSR count). The van der Waals surface area contributed by atoms with E-state index in [2.05, 4.69) is 17.5 Å². The molecule has 0 bridgehead atoms. The number of thioether (sulfide) groups is 2. The summed E-state index contributed by atoms with van der Waals surface area (Å²) in [5.41, 5.74) is 2.52. The molecular weight excluding hydrogens is 256 g/mol. The predicted molar refractivity (Wildman–Crippen MR) is 72.4 cm³/mol. The molecule has 1 amide bonds. The van der Waals surface area contributed by atoms with Gasteiger partial charge < -0.3 is 4.42 Å². The zero-order chi connectivity index (χ0) is 12.1. The highest BCUT2D eigenvalue weighted by Crippen LogP contribution is 2.45. The van der Waals surface area contributed by atoms with Crippen LogP contribution in [0.15, 0.2) is 27.9 Å². The zero-order valence-corrected chi connectivity index (χ0v) is 11.1. The van der Waals surface area contributed by atoms with Gasteiger partial charge in [0.25, 0.3) is 0 Å². The first kappa shape index (κ1) is 12.6. The van der Waals surface area contributed by atoms with Gasteiger partial charge in [0.15, 0.2) is 0 Å². The number of rotatable bonds is 4. The van der Waals surface area contributed by atoms with Gasteiger partial charge in [-0.15, -0.1) is 23.5 Å². The third kappa shape index (κ3) is 3.81. The van der Waals surface area contributed by atoms with Crippen LogP contribution in [0.2, 0.25) is 0 Å². The number of amides is 1. The molecule has 0 aromatic carbocycles. The molecule has 1 aliphatic rings. The van der Waals surface area contributed by atoms with Gasteiger partial charge in [-0.25, -0.2) is 5.43 Å². The van der Waals surface area contributed by atoms with Crippen LogP contribution in [0.3, 0.4) is 0 Å². The zero-order valence-electron chi connectivity index (χ0n) is 9.51. The molecule has 17 heavy (non-hydrogen) atoms. The summed E-state index contributed by atoms with van der Waals surface area (Å²) >= 11 is 3.67. The summed E-state index contributed by atoms with van der Waals surface area (Å²) in [7, 11) is 0. The highest BCUT2D eigenvalue weighted by Gasteiger charge is 2.32. The predicted octanol–water partition coefficient (Wildman–Crippen LogP) is 2.32. The van der Waals surface area contributed by atoms with Gasteiger partial charge in [0, 0.05) is 11.5 Å². The molecule has 1 aromatic heterocycles. The minimum absolute atomic E-state index is 0.00425. The van der Waals surface area contributed by atoms with E-state index in [4.69, 9.17) is 4.42 Å². The number of carbonyl (C=O) groups excluding carboxylic acids is 1. The molecule has 0 unspecified atom stereocenters. The van der Waals surface area contributed by atoms with Crippen LogP contribution in [-0.4, -0.2) is 27.7 Å². The van der Waals surface area contributed by atoms with Crippen molar-refractivity contribution in [3.8, 4) is 0 Å². The van der Waals surface area contributed by atoms with Crippen molar-refractivity contribution in [2.45, 2.75) is 17.4 Å². The van der Waals surface area contributed by atoms with Crippen LogP contribution in [-0.2, 0) is 4.79 Å². The Labute approximate surface area is 109 Å². The lowest BCUT2D eigenvalue weighted by Gasteiger charge is -2.19. The Kier molecular flexibility index (Phi) is 4.17. The van der Waals surface area contributed by atoms with E-state index >= 15 is 0 Å². The lowest BCUT2D eigenvalue weighted by molar-refractivity contribution is -0.121. The van der Waals surface area contributed by atoms with E-state index in [-0.39, 0.29) is 9.99 Å². The van der Waals surface area contributed by atoms with Crippen LogP contribution in [0.5, 0.6) is 0 Å². The van der Waals surface area contributed by atoms with E-state index < -0.39 is 0 Å². The van der Waals surface area contributed by atoms with Gasteiger partial charge in [-0.1, -0.05) is 0 Å². The van der Waals surface area contributed by atoms with E-state index in [9.17, 15) is 4.79 Å². The van der Waals surface area contributed by atoms with E-state index in [0.717, 1.165) is 11.5 Å². The molecular formula is C11H14N2O2S2. The van der Waals surface area contributed by atoms with Crippen molar-refractivity contribution in [3.63, 3.8) is 0 Å². The monoisotopic (exact) mass is 270 g/mol. The summed E-state index contributed by atoms with van der Waals surface area (Å²) in [5.74, 6) is 2.80. The fraction of sp³-hybridized carbons (Fsp3) is 0.455. The summed E-state index contributed by atoms with van der Waals surface area (Å²) in [5, 5.41) is 3.85.